The van der Waals surface area contributed by atoms with E-state index in [0.717, 1.165) is 50.9 Å². The minimum Gasteiger partial charge on any atom is -0.356 e. The monoisotopic (exact) mass is 371 g/mol. The number of rotatable bonds is 7. The zero-order valence-electron chi connectivity index (χ0n) is 16.7. The van der Waals surface area contributed by atoms with Crippen molar-refractivity contribution >= 4 is 11.9 Å². The van der Waals surface area contributed by atoms with E-state index in [1.54, 1.807) is 19.0 Å². The van der Waals surface area contributed by atoms with Gasteiger partial charge in [-0.15, -0.1) is 0 Å². The molecule has 0 spiro atoms. The second-order valence-corrected chi connectivity index (χ2v) is 7.96. The predicted molar refractivity (Wildman–Crippen MR) is 110 cm³/mol. The molecule has 1 saturated carbocycles. The number of guanidine groups is 1. The van der Waals surface area contributed by atoms with Gasteiger partial charge >= 0.3 is 0 Å². The molecule has 1 amide bonds. The number of benzene rings is 1. The van der Waals surface area contributed by atoms with Gasteiger partial charge in [-0.25, -0.2) is 4.99 Å². The van der Waals surface area contributed by atoms with Gasteiger partial charge < -0.3 is 15.5 Å². The van der Waals surface area contributed by atoms with Crippen LogP contribution in [0.4, 0.5) is 0 Å². The van der Waals surface area contributed by atoms with Crippen LogP contribution in [0.1, 0.15) is 31.2 Å². The van der Waals surface area contributed by atoms with Crippen molar-refractivity contribution in [1.82, 2.24) is 20.4 Å². The summed E-state index contributed by atoms with van der Waals surface area (Å²) in [6, 6.07) is 11.1. The first-order chi connectivity index (χ1) is 13.1. The zero-order chi connectivity index (χ0) is 19.1. The van der Waals surface area contributed by atoms with E-state index in [1.807, 2.05) is 0 Å². The number of amides is 1. The molecule has 6 heteroatoms. The topological polar surface area (TPSA) is 60.0 Å². The molecule has 6 nitrogen and oxygen atoms in total. The van der Waals surface area contributed by atoms with Gasteiger partial charge in [0.05, 0.1) is 0 Å². The quantitative estimate of drug-likeness (QED) is 0.566. The zero-order valence-corrected chi connectivity index (χ0v) is 16.7. The van der Waals surface area contributed by atoms with Crippen molar-refractivity contribution in [3.8, 4) is 0 Å². The lowest BCUT2D eigenvalue weighted by Crippen LogP contribution is -2.49. The summed E-state index contributed by atoms with van der Waals surface area (Å²) < 4.78 is 0. The van der Waals surface area contributed by atoms with Crippen molar-refractivity contribution in [3.05, 3.63) is 35.9 Å². The van der Waals surface area contributed by atoms with Gasteiger partial charge in [0.1, 0.15) is 6.54 Å². The summed E-state index contributed by atoms with van der Waals surface area (Å²) in [7, 11) is 3.54. The fraction of sp³-hybridized carbons (Fsp3) is 0.619. The van der Waals surface area contributed by atoms with Gasteiger partial charge in [-0.3, -0.25) is 9.69 Å². The van der Waals surface area contributed by atoms with Crippen LogP contribution in [0, 0.1) is 5.92 Å². The number of carbonyl (C=O) groups excluding carboxylic acids is 1. The third-order valence-electron chi connectivity index (χ3n) is 5.30. The highest BCUT2D eigenvalue weighted by Crippen LogP contribution is 2.27. The molecule has 0 aromatic heterocycles. The lowest BCUT2D eigenvalue weighted by Gasteiger charge is -2.33. The Morgan fingerprint density at radius 3 is 2.48 bits per heavy atom. The third-order valence-corrected chi connectivity index (χ3v) is 5.30. The molecule has 3 rings (SSSR count). The standard InChI is InChI=1S/C21H33N5O/c1-25(2)20(27)15-23-21(22-14-17-8-9-17)24-19-10-12-26(13-11-19)16-18-6-4-3-5-7-18/h3-7,17,19H,8-16H2,1-2H3,(H2,22,23,24). The molecule has 1 aromatic carbocycles. The average molecular weight is 372 g/mol. The first kappa shape index (κ1) is 19.7. The number of hydrogen-bond donors (Lipinski definition) is 2. The normalized spacial score (nSPS) is 19.0. The molecule has 2 N–H and O–H groups in total. The maximum absolute atomic E-state index is 11.9. The van der Waals surface area contributed by atoms with E-state index >= 15 is 0 Å². The molecule has 0 bridgehead atoms. The Bertz CT molecular complexity index is 619. The minimum absolute atomic E-state index is 0.0280. The summed E-state index contributed by atoms with van der Waals surface area (Å²) in [5.41, 5.74) is 1.37. The van der Waals surface area contributed by atoms with Crippen molar-refractivity contribution in [2.24, 2.45) is 10.9 Å². The summed E-state index contributed by atoms with van der Waals surface area (Å²) in [6.07, 6.45) is 4.79. The van der Waals surface area contributed by atoms with E-state index in [4.69, 9.17) is 0 Å². The van der Waals surface area contributed by atoms with Crippen LogP contribution in [0.2, 0.25) is 0 Å². The second kappa shape index (κ2) is 9.74. The van der Waals surface area contributed by atoms with Crippen molar-refractivity contribution in [2.75, 3.05) is 40.3 Å². The Labute approximate surface area is 163 Å². The van der Waals surface area contributed by atoms with Crippen LogP contribution in [-0.2, 0) is 11.3 Å². The number of carbonyl (C=O) groups is 1. The van der Waals surface area contributed by atoms with Crippen molar-refractivity contribution in [1.29, 1.82) is 0 Å². The molecule has 0 unspecified atom stereocenters. The van der Waals surface area contributed by atoms with E-state index < -0.39 is 0 Å². The van der Waals surface area contributed by atoms with E-state index in [-0.39, 0.29) is 12.5 Å². The van der Waals surface area contributed by atoms with Crippen LogP contribution in [0.15, 0.2) is 35.3 Å². The molecule has 2 aliphatic rings. The fourth-order valence-electron chi connectivity index (χ4n) is 3.27. The van der Waals surface area contributed by atoms with Crippen molar-refractivity contribution in [3.63, 3.8) is 0 Å². The van der Waals surface area contributed by atoms with Crippen molar-refractivity contribution < 1.29 is 4.79 Å². The van der Waals surface area contributed by atoms with Gasteiger partial charge in [0, 0.05) is 46.3 Å². The summed E-state index contributed by atoms with van der Waals surface area (Å²) >= 11 is 0. The lowest BCUT2D eigenvalue weighted by atomic mass is 10.0. The molecule has 0 radical (unpaired) electrons. The molecule has 1 aromatic rings. The van der Waals surface area contributed by atoms with Crippen LogP contribution >= 0.6 is 0 Å². The number of likely N-dealkylation sites (tertiary alicyclic amines) is 1. The molecular weight excluding hydrogens is 338 g/mol. The average Bonchev–Trinajstić information content (AvgIpc) is 3.50. The van der Waals surface area contributed by atoms with Crippen LogP contribution in [0.5, 0.6) is 0 Å². The predicted octanol–water partition coefficient (Wildman–Crippen LogP) is 1.68. The maximum Gasteiger partial charge on any atom is 0.243 e. The highest BCUT2D eigenvalue weighted by molar-refractivity contribution is 5.84. The van der Waals surface area contributed by atoms with Crippen LogP contribution in [0.25, 0.3) is 0 Å². The number of piperidine rings is 1. The Kier molecular flexibility index (Phi) is 7.10. The van der Waals surface area contributed by atoms with Gasteiger partial charge in [0.25, 0.3) is 0 Å². The summed E-state index contributed by atoms with van der Waals surface area (Å²) in [6.45, 7) is 4.33. The van der Waals surface area contributed by atoms with Crippen molar-refractivity contribution in [2.45, 2.75) is 38.3 Å². The number of likely N-dealkylation sites (N-methyl/N-ethyl adjacent to an activating group) is 1. The van der Waals surface area contributed by atoms with Crippen LogP contribution in [0.3, 0.4) is 0 Å². The maximum atomic E-state index is 11.9. The van der Waals surface area contributed by atoms with Crippen LogP contribution < -0.4 is 10.6 Å². The fourth-order valence-corrected chi connectivity index (χ4v) is 3.27. The molecule has 1 saturated heterocycles. The number of nitrogens with zero attached hydrogens (tertiary/aromatic N) is 3. The summed E-state index contributed by atoms with van der Waals surface area (Å²) in [5, 5.41) is 6.99. The summed E-state index contributed by atoms with van der Waals surface area (Å²) in [5.74, 6) is 1.59. The molecule has 148 valence electrons. The van der Waals surface area contributed by atoms with E-state index in [2.05, 4.69) is 50.9 Å². The number of nitrogens with one attached hydrogen (secondary N) is 2. The molecule has 1 aliphatic heterocycles. The van der Waals surface area contributed by atoms with E-state index in [9.17, 15) is 4.79 Å². The highest BCUT2D eigenvalue weighted by Gasteiger charge is 2.23. The molecule has 1 heterocycles. The third kappa shape index (κ3) is 6.86. The van der Waals surface area contributed by atoms with Crippen LogP contribution in [-0.4, -0.2) is 68.0 Å². The van der Waals surface area contributed by atoms with E-state index in [0.29, 0.717) is 6.04 Å². The van der Waals surface area contributed by atoms with Gasteiger partial charge in [0.2, 0.25) is 5.91 Å². The molecule has 2 fully saturated rings. The lowest BCUT2D eigenvalue weighted by molar-refractivity contribution is -0.127. The number of aliphatic imine (C=N–C) groups is 1. The number of hydrogen-bond acceptors (Lipinski definition) is 3. The first-order valence-electron chi connectivity index (χ1n) is 10.1. The SMILES string of the molecule is CN(C)C(=O)CN=C(NCC1CC1)NC1CCN(Cc2ccccc2)CC1. The van der Waals surface area contributed by atoms with Gasteiger partial charge in [-0.1, -0.05) is 30.3 Å². The molecule has 1 aliphatic carbocycles. The van der Waals surface area contributed by atoms with Gasteiger partial charge in [-0.05, 0) is 37.2 Å². The van der Waals surface area contributed by atoms with E-state index in [1.165, 1.54) is 18.4 Å². The summed E-state index contributed by atoms with van der Waals surface area (Å²) in [4.78, 5) is 20.5. The Morgan fingerprint density at radius 1 is 1.15 bits per heavy atom. The first-order valence-corrected chi connectivity index (χ1v) is 10.1. The van der Waals surface area contributed by atoms with Gasteiger partial charge in [0.15, 0.2) is 5.96 Å². The largest absolute Gasteiger partial charge is 0.356 e. The van der Waals surface area contributed by atoms with Gasteiger partial charge in [-0.2, -0.15) is 0 Å². The molecular formula is C21H33N5O. The Balaban J connectivity index is 1.47. The molecule has 27 heavy (non-hydrogen) atoms. The minimum atomic E-state index is 0.0280. The Morgan fingerprint density at radius 2 is 1.85 bits per heavy atom. The highest BCUT2D eigenvalue weighted by atomic mass is 16.2. The second-order valence-electron chi connectivity index (χ2n) is 7.96. The smallest absolute Gasteiger partial charge is 0.243 e. The Hall–Kier alpha value is -2.08. The molecule has 0 atom stereocenters.